The zero-order chi connectivity index (χ0) is 20.3. The average molecular weight is 378 g/mol. The van der Waals surface area contributed by atoms with E-state index in [2.05, 4.69) is 0 Å². The third-order valence-electron chi connectivity index (χ3n) is 4.61. The second kappa shape index (κ2) is 8.00. The molecule has 0 saturated carbocycles. The summed E-state index contributed by atoms with van der Waals surface area (Å²) in [4.78, 5) is 25.8. The van der Waals surface area contributed by atoms with Gasteiger partial charge in [0.1, 0.15) is 22.2 Å². The molecule has 28 heavy (non-hydrogen) atoms. The van der Waals surface area contributed by atoms with Crippen molar-refractivity contribution in [2.75, 3.05) is 14.2 Å². The van der Waals surface area contributed by atoms with Crippen LogP contribution in [-0.2, 0) is 14.1 Å². The number of hydrogen-bond donors (Lipinski definition) is 0. The molecule has 0 N–H and O–H groups in total. The molecule has 0 aliphatic carbocycles. The van der Waals surface area contributed by atoms with Gasteiger partial charge in [-0.25, -0.2) is 0 Å². The molecule has 0 saturated heterocycles. The second-order valence-corrected chi connectivity index (χ2v) is 6.33. The van der Waals surface area contributed by atoms with E-state index in [0.29, 0.717) is 10.7 Å². The third-order valence-corrected chi connectivity index (χ3v) is 4.61. The van der Waals surface area contributed by atoms with E-state index in [1.165, 1.54) is 9.13 Å². The lowest BCUT2D eigenvalue weighted by atomic mass is 10.2. The van der Waals surface area contributed by atoms with E-state index < -0.39 is 0 Å². The molecule has 0 aliphatic rings. The van der Waals surface area contributed by atoms with Gasteiger partial charge in [0.05, 0.1) is 14.2 Å². The lowest BCUT2D eigenvalue weighted by Crippen LogP contribution is -2.56. The van der Waals surface area contributed by atoms with Gasteiger partial charge in [0.15, 0.2) is 0 Å². The molecule has 0 fully saturated rings. The van der Waals surface area contributed by atoms with Gasteiger partial charge >= 0.3 is 0 Å². The Morgan fingerprint density at radius 2 is 0.964 bits per heavy atom. The van der Waals surface area contributed by atoms with Gasteiger partial charge in [-0.15, -0.1) is 0 Å². The topological polar surface area (TPSA) is 62.5 Å². The summed E-state index contributed by atoms with van der Waals surface area (Å²) in [5.41, 5.74) is 1.11. The van der Waals surface area contributed by atoms with Crippen molar-refractivity contribution in [2.24, 2.45) is 14.1 Å². The lowest BCUT2D eigenvalue weighted by molar-refractivity contribution is 0.414. The van der Waals surface area contributed by atoms with Crippen LogP contribution >= 0.6 is 0 Å². The molecule has 3 rings (SSSR count). The Kier molecular flexibility index (Phi) is 5.49. The maximum atomic E-state index is 12.9. The molecule has 0 unspecified atom stereocenters. The van der Waals surface area contributed by atoms with E-state index in [9.17, 15) is 9.59 Å². The van der Waals surface area contributed by atoms with Gasteiger partial charge in [0.25, 0.3) is 11.1 Å². The summed E-state index contributed by atoms with van der Waals surface area (Å²) in [6.45, 7) is 0. The first-order chi connectivity index (χ1) is 13.4. The number of benzene rings is 2. The minimum atomic E-state index is -0.252. The molecule has 0 bridgehead atoms. The molecule has 1 heterocycles. The van der Waals surface area contributed by atoms with Gasteiger partial charge in [-0.2, -0.15) is 0 Å². The standard InChI is InChI=1S/C22H22N2O4/c1-23-19(13-15-5-9-17(27-3)10-6-15)22(26)24(2)20(21(23)25)14-16-7-11-18(28-4)12-8-16/h5-14H,1-4H3/b19-13-,20-14-. The molecule has 0 amide bonds. The predicted octanol–water partition coefficient (Wildman–Crippen LogP) is 0.759. The molecule has 6 heteroatoms. The van der Waals surface area contributed by atoms with Gasteiger partial charge in [-0.1, -0.05) is 24.3 Å². The van der Waals surface area contributed by atoms with Crippen LogP contribution in [0.1, 0.15) is 11.1 Å². The molecule has 3 aromatic rings. The Labute approximate surface area is 162 Å². The maximum Gasteiger partial charge on any atom is 0.274 e. The minimum absolute atomic E-state index is 0.252. The zero-order valence-corrected chi connectivity index (χ0v) is 16.3. The summed E-state index contributed by atoms with van der Waals surface area (Å²) in [6.07, 6.45) is 3.39. The summed E-state index contributed by atoms with van der Waals surface area (Å²) < 4.78 is 13.0. The summed E-state index contributed by atoms with van der Waals surface area (Å²) in [5.74, 6) is 1.45. The van der Waals surface area contributed by atoms with Crippen LogP contribution in [0.4, 0.5) is 0 Å². The first kappa shape index (κ1) is 19.2. The van der Waals surface area contributed by atoms with Gasteiger partial charge in [0.2, 0.25) is 0 Å². The summed E-state index contributed by atoms with van der Waals surface area (Å²) in [5, 5.41) is 0.620. The van der Waals surface area contributed by atoms with Gasteiger partial charge in [-0.05, 0) is 47.5 Å². The van der Waals surface area contributed by atoms with E-state index in [1.54, 1.807) is 64.7 Å². The SMILES string of the molecule is COc1ccc(/C=c2/c(=O)n(C)/c(=C\c3ccc(OC)cc3)c(=O)n2C)cc1. The highest BCUT2D eigenvalue weighted by Gasteiger charge is 2.06. The fraction of sp³-hybridized carbons (Fsp3) is 0.182. The van der Waals surface area contributed by atoms with E-state index in [4.69, 9.17) is 9.47 Å². The van der Waals surface area contributed by atoms with E-state index in [1.807, 2.05) is 24.3 Å². The highest BCUT2D eigenvalue weighted by atomic mass is 16.5. The molecule has 6 nitrogen and oxygen atoms in total. The smallest absolute Gasteiger partial charge is 0.274 e. The fourth-order valence-electron chi connectivity index (χ4n) is 2.88. The van der Waals surface area contributed by atoms with E-state index in [-0.39, 0.29) is 11.1 Å². The molecule has 1 aromatic heterocycles. The quantitative estimate of drug-likeness (QED) is 0.673. The van der Waals surface area contributed by atoms with Crippen LogP contribution in [0.25, 0.3) is 12.2 Å². The Balaban J connectivity index is 2.18. The van der Waals surface area contributed by atoms with Crippen LogP contribution in [0.5, 0.6) is 11.5 Å². The zero-order valence-electron chi connectivity index (χ0n) is 16.3. The van der Waals surface area contributed by atoms with Gasteiger partial charge in [-0.3, -0.25) is 9.59 Å². The van der Waals surface area contributed by atoms with Gasteiger partial charge in [0, 0.05) is 14.1 Å². The second-order valence-electron chi connectivity index (χ2n) is 6.33. The lowest BCUT2D eigenvalue weighted by Gasteiger charge is -2.06. The number of hydrogen-bond acceptors (Lipinski definition) is 4. The van der Waals surface area contributed by atoms with Crippen LogP contribution in [0.3, 0.4) is 0 Å². The Morgan fingerprint density at radius 3 is 1.25 bits per heavy atom. The Morgan fingerprint density at radius 1 is 0.643 bits per heavy atom. The van der Waals surface area contributed by atoms with Crippen LogP contribution in [0.2, 0.25) is 0 Å². The number of ether oxygens (including phenoxy) is 2. The number of nitrogens with zero attached hydrogens (tertiary/aromatic N) is 2. The number of aromatic nitrogens is 2. The van der Waals surface area contributed by atoms with Crippen molar-refractivity contribution in [1.29, 1.82) is 0 Å². The van der Waals surface area contributed by atoms with Crippen molar-refractivity contribution in [1.82, 2.24) is 9.13 Å². The highest BCUT2D eigenvalue weighted by Crippen LogP contribution is 2.12. The number of methoxy groups -OCH3 is 2. The molecular weight excluding hydrogens is 356 g/mol. The third kappa shape index (κ3) is 3.76. The Hall–Kier alpha value is -3.54. The molecule has 0 aliphatic heterocycles. The van der Waals surface area contributed by atoms with Crippen LogP contribution in [0, 0.1) is 0 Å². The van der Waals surface area contributed by atoms with Crippen molar-refractivity contribution in [3.63, 3.8) is 0 Å². The predicted molar refractivity (Wildman–Crippen MR) is 109 cm³/mol. The van der Waals surface area contributed by atoms with Crippen molar-refractivity contribution in [3.8, 4) is 11.5 Å². The molecule has 0 spiro atoms. The van der Waals surface area contributed by atoms with E-state index >= 15 is 0 Å². The largest absolute Gasteiger partial charge is 0.497 e. The van der Waals surface area contributed by atoms with Crippen molar-refractivity contribution in [3.05, 3.63) is 91.1 Å². The van der Waals surface area contributed by atoms with E-state index in [0.717, 1.165) is 22.6 Å². The average Bonchev–Trinajstić information content (AvgIpc) is 2.73. The molecule has 0 radical (unpaired) electrons. The summed E-state index contributed by atoms with van der Waals surface area (Å²) in [7, 11) is 6.39. The summed E-state index contributed by atoms with van der Waals surface area (Å²) >= 11 is 0. The van der Waals surface area contributed by atoms with Crippen LogP contribution in [-0.4, -0.2) is 23.4 Å². The fourth-order valence-corrected chi connectivity index (χ4v) is 2.88. The minimum Gasteiger partial charge on any atom is -0.497 e. The molecule has 144 valence electrons. The van der Waals surface area contributed by atoms with Crippen LogP contribution in [0.15, 0.2) is 58.1 Å². The first-order valence-corrected chi connectivity index (χ1v) is 8.72. The van der Waals surface area contributed by atoms with Crippen molar-refractivity contribution in [2.45, 2.75) is 0 Å². The molecule has 2 aromatic carbocycles. The van der Waals surface area contributed by atoms with Crippen LogP contribution < -0.4 is 31.3 Å². The van der Waals surface area contributed by atoms with Gasteiger partial charge < -0.3 is 18.6 Å². The number of rotatable bonds is 4. The molecular formula is C22H22N2O4. The normalized spacial score (nSPS) is 12.3. The monoisotopic (exact) mass is 378 g/mol. The maximum absolute atomic E-state index is 12.9. The first-order valence-electron chi connectivity index (χ1n) is 8.72. The Bertz CT molecular complexity index is 1120. The molecule has 0 atom stereocenters. The van der Waals surface area contributed by atoms with Crippen molar-refractivity contribution >= 4 is 12.2 Å². The summed E-state index contributed by atoms with van der Waals surface area (Å²) in [6, 6.07) is 14.6. The van der Waals surface area contributed by atoms with Crippen molar-refractivity contribution < 1.29 is 9.47 Å². The highest BCUT2D eigenvalue weighted by molar-refractivity contribution is 5.51.